The summed E-state index contributed by atoms with van der Waals surface area (Å²) in [5.41, 5.74) is 0.134. The molecule has 0 spiro atoms. The SMILES string of the molecule is COCOc1cccc(C#N)c1B1OC(C)(C)C(C)(C)O1. The summed E-state index contributed by atoms with van der Waals surface area (Å²) in [6.07, 6.45) is 0. The Kier molecular flexibility index (Phi) is 4.29. The Morgan fingerprint density at radius 2 is 1.81 bits per heavy atom. The maximum Gasteiger partial charge on any atom is 0.500 e. The Morgan fingerprint density at radius 3 is 2.33 bits per heavy atom. The molecule has 1 aliphatic heterocycles. The zero-order chi connectivity index (χ0) is 15.7. The van der Waals surface area contributed by atoms with E-state index in [9.17, 15) is 5.26 Å². The van der Waals surface area contributed by atoms with Crippen LogP contribution in [0.2, 0.25) is 0 Å². The summed E-state index contributed by atoms with van der Waals surface area (Å²) in [5.74, 6) is 0.536. The van der Waals surface area contributed by atoms with Gasteiger partial charge in [-0.25, -0.2) is 0 Å². The molecule has 2 rings (SSSR count). The standard InChI is InChI=1S/C15H20BNO4/c1-14(2)15(3,4)21-16(20-14)13-11(9-17)7-6-8-12(13)19-10-18-5/h6-8H,10H2,1-5H3. The molecule has 0 atom stereocenters. The first-order valence-corrected chi connectivity index (χ1v) is 6.83. The van der Waals surface area contributed by atoms with E-state index in [1.807, 2.05) is 27.7 Å². The number of benzene rings is 1. The molecule has 0 bridgehead atoms. The predicted molar refractivity (Wildman–Crippen MR) is 79.4 cm³/mol. The van der Waals surface area contributed by atoms with Crippen LogP contribution in [0.5, 0.6) is 5.75 Å². The molecular formula is C15H20BNO4. The molecular weight excluding hydrogens is 269 g/mol. The Labute approximate surface area is 125 Å². The molecule has 1 saturated heterocycles. The summed E-state index contributed by atoms with van der Waals surface area (Å²) >= 11 is 0. The molecule has 1 aromatic rings. The zero-order valence-corrected chi connectivity index (χ0v) is 13.1. The average molecular weight is 289 g/mol. The lowest BCUT2D eigenvalue weighted by atomic mass is 9.75. The third kappa shape index (κ3) is 2.91. The molecule has 0 saturated carbocycles. The van der Waals surface area contributed by atoms with Gasteiger partial charge in [0, 0.05) is 12.6 Å². The number of hydrogen-bond acceptors (Lipinski definition) is 5. The molecule has 1 aliphatic rings. The fourth-order valence-electron chi connectivity index (χ4n) is 2.09. The van der Waals surface area contributed by atoms with E-state index in [4.69, 9.17) is 18.8 Å². The fourth-order valence-corrected chi connectivity index (χ4v) is 2.09. The lowest BCUT2D eigenvalue weighted by Crippen LogP contribution is -2.41. The molecule has 21 heavy (non-hydrogen) atoms. The van der Waals surface area contributed by atoms with Crippen molar-refractivity contribution >= 4 is 12.6 Å². The van der Waals surface area contributed by atoms with Gasteiger partial charge in [0.25, 0.3) is 0 Å². The van der Waals surface area contributed by atoms with Gasteiger partial charge in [-0.05, 0) is 39.8 Å². The maximum absolute atomic E-state index is 9.34. The normalized spacial score (nSPS) is 19.3. The number of rotatable bonds is 4. The largest absolute Gasteiger partial charge is 0.500 e. The van der Waals surface area contributed by atoms with Crippen molar-refractivity contribution in [2.45, 2.75) is 38.9 Å². The van der Waals surface area contributed by atoms with Crippen LogP contribution in [-0.4, -0.2) is 32.2 Å². The molecule has 0 N–H and O–H groups in total. The van der Waals surface area contributed by atoms with Crippen LogP contribution in [0.1, 0.15) is 33.3 Å². The smallest absolute Gasteiger partial charge is 0.468 e. The second kappa shape index (κ2) is 5.68. The molecule has 112 valence electrons. The van der Waals surface area contributed by atoms with Crippen LogP contribution in [0.15, 0.2) is 18.2 Å². The van der Waals surface area contributed by atoms with Crippen molar-refractivity contribution in [2.75, 3.05) is 13.9 Å². The molecule has 5 nitrogen and oxygen atoms in total. The monoisotopic (exact) mass is 289 g/mol. The van der Waals surface area contributed by atoms with Crippen LogP contribution in [0.25, 0.3) is 0 Å². The van der Waals surface area contributed by atoms with E-state index < -0.39 is 18.3 Å². The Hall–Kier alpha value is -1.55. The lowest BCUT2D eigenvalue weighted by Gasteiger charge is -2.32. The molecule has 0 amide bonds. The van der Waals surface area contributed by atoms with E-state index in [0.29, 0.717) is 16.8 Å². The molecule has 6 heteroatoms. The van der Waals surface area contributed by atoms with Crippen LogP contribution in [0.3, 0.4) is 0 Å². The van der Waals surface area contributed by atoms with Gasteiger partial charge in [-0.1, -0.05) is 6.07 Å². The third-order valence-corrected chi connectivity index (χ3v) is 4.01. The van der Waals surface area contributed by atoms with Crippen LogP contribution in [0.4, 0.5) is 0 Å². The van der Waals surface area contributed by atoms with Gasteiger partial charge in [0.2, 0.25) is 0 Å². The van der Waals surface area contributed by atoms with Crippen molar-refractivity contribution in [2.24, 2.45) is 0 Å². The van der Waals surface area contributed by atoms with E-state index in [0.717, 1.165) is 0 Å². The number of methoxy groups -OCH3 is 1. The molecule has 1 aromatic carbocycles. The molecule has 1 heterocycles. The van der Waals surface area contributed by atoms with Gasteiger partial charge >= 0.3 is 7.12 Å². The number of nitrogens with zero attached hydrogens (tertiary/aromatic N) is 1. The fraction of sp³-hybridized carbons (Fsp3) is 0.533. The third-order valence-electron chi connectivity index (χ3n) is 4.01. The minimum atomic E-state index is -0.641. The van der Waals surface area contributed by atoms with Crippen molar-refractivity contribution in [1.82, 2.24) is 0 Å². The topological polar surface area (TPSA) is 60.7 Å². The summed E-state index contributed by atoms with van der Waals surface area (Å²) in [7, 11) is 0.903. The van der Waals surface area contributed by atoms with Gasteiger partial charge in [0.1, 0.15) is 5.75 Å². The first kappa shape index (κ1) is 15.8. The van der Waals surface area contributed by atoms with Gasteiger partial charge in [-0.15, -0.1) is 0 Å². The number of ether oxygens (including phenoxy) is 2. The van der Waals surface area contributed by atoms with Crippen molar-refractivity contribution < 1.29 is 18.8 Å². The molecule has 1 fully saturated rings. The second-order valence-electron chi connectivity index (χ2n) is 5.97. The first-order valence-electron chi connectivity index (χ1n) is 6.83. The van der Waals surface area contributed by atoms with Gasteiger partial charge in [-0.2, -0.15) is 5.26 Å². The van der Waals surface area contributed by atoms with E-state index in [1.54, 1.807) is 25.3 Å². The van der Waals surface area contributed by atoms with Gasteiger partial charge < -0.3 is 18.8 Å². The average Bonchev–Trinajstić information content (AvgIpc) is 2.64. The first-order chi connectivity index (χ1) is 9.82. The number of nitriles is 1. The Morgan fingerprint density at radius 1 is 1.19 bits per heavy atom. The van der Waals surface area contributed by atoms with E-state index >= 15 is 0 Å². The van der Waals surface area contributed by atoms with E-state index in [2.05, 4.69) is 6.07 Å². The molecule has 0 aromatic heterocycles. The summed E-state index contributed by atoms with van der Waals surface area (Å²) in [6.45, 7) is 7.98. The zero-order valence-electron chi connectivity index (χ0n) is 13.1. The van der Waals surface area contributed by atoms with Crippen LogP contribution >= 0.6 is 0 Å². The molecule has 0 radical (unpaired) electrons. The highest BCUT2D eigenvalue weighted by Gasteiger charge is 2.53. The highest BCUT2D eigenvalue weighted by molar-refractivity contribution is 6.64. The quantitative estimate of drug-likeness (QED) is 0.625. The lowest BCUT2D eigenvalue weighted by molar-refractivity contribution is 0.00578. The van der Waals surface area contributed by atoms with Crippen molar-refractivity contribution in [1.29, 1.82) is 5.26 Å². The van der Waals surface area contributed by atoms with Crippen molar-refractivity contribution in [3.63, 3.8) is 0 Å². The Balaban J connectivity index is 2.42. The summed E-state index contributed by atoms with van der Waals surface area (Å²) in [6, 6.07) is 7.43. The summed E-state index contributed by atoms with van der Waals surface area (Å²) < 4.78 is 22.5. The Bertz CT molecular complexity index is 549. The van der Waals surface area contributed by atoms with Crippen molar-refractivity contribution in [3.05, 3.63) is 23.8 Å². The minimum absolute atomic E-state index is 0.0986. The van der Waals surface area contributed by atoms with E-state index in [-0.39, 0.29) is 6.79 Å². The van der Waals surface area contributed by atoms with Crippen molar-refractivity contribution in [3.8, 4) is 11.8 Å². The van der Waals surface area contributed by atoms with Gasteiger partial charge in [-0.3, -0.25) is 0 Å². The second-order valence-corrected chi connectivity index (χ2v) is 5.97. The molecule has 0 aliphatic carbocycles. The maximum atomic E-state index is 9.34. The predicted octanol–water partition coefficient (Wildman–Crippen LogP) is 1.84. The number of hydrogen-bond donors (Lipinski definition) is 0. The van der Waals surface area contributed by atoms with Crippen LogP contribution in [0, 0.1) is 11.3 Å². The highest BCUT2D eigenvalue weighted by Crippen LogP contribution is 2.37. The highest BCUT2D eigenvalue weighted by atomic mass is 16.7. The van der Waals surface area contributed by atoms with Crippen LogP contribution in [-0.2, 0) is 14.0 Å². The molecule has 0 unspecified atom stereocenters. The van der Waals surface area contributed by atoms with Crippen LogP contribution < -0.4 is 10.2 Å². The summed E-state index contributed by atoms with van der Waals surface area (Å²) in [5, 5.41) is 9.34. The van der Waals surface area contributed by atoms with Gasteiger partial charge in [0.05, 0.1) is 22.8 Å². The van der Waals surface area contributed by atoms with E-state index in [1.165, 1.54) is 0 Å². The van der Waals surface area contributed by atoms with Gasteiger partial charge in [0.15, 0.2) is 6.79 Å². The summed E-state index contributed by atoms with van der Waals surface area (Å²) in [4.78, 5) is 0. The minimum Gasteiger partial charge on any atom is -0.468 e.